The summed E-state index contributed by atoms with van der Waals surface area (Å²) in [4.78, 5) is 0. The Morgan fingerprint density at radius 1 is 1.24 bits per heavy atom. The molecule has 0 aliphatic rings. The lowest BCUT2D eigenvalue weighted by atomic mass is 9.82. The third-order valence-corrected chi connectivity index (χ3v) is 2.82. The number of benzene rings is 1. The molecule has 0 spiro atoms. The Morgan fingerprint density at radius 2 is 1.76 bits per heavy atom. The van der Waals surface area contributed by atoms with Crippen molar-refractivity contribution in [2.24, 2.45) is 11.3 Å². The van der Waals surface area contributed by atoms with Crippen LogP contribution in [0.2, 0.25) is 0 Å². The Labute approximate surface area is 102 Å². The van der Waals surface area contributed by atoms with Crippen LogP contribution in [0, 0.1) is 11.2 Å². The lowest BCUT2D eigenvalue weighted by Crippen LogP contribution is -2.44. The van der Waals surface area contributed by atoms with Gasteiger partial charge in [-0.25, -0.2) is 4.39 Å². The van der Waals surface area contributed by atoms with Crippen molar-refractivity contribution in [1.29, 1.82) is 0 Å². The highest BCUT2D eigenvalue weighted by Crippen LogP contribution is 2.31. The van der Waals surface area contributed by atoms with Crippen LogP contribution < -0.4 is 11.3 Å². The van der Waals surface area contributed by atoms with Gasteiger partial charge in [0, 0.05) is 7.11 Å². The molecule has 17 heavy (non-hydrogen) atoms. The molecule has 0 aliphatic heterocycles. The van der Waals surface area contributed by atoms with E-state index in [9.17, 15) is 4.39 Å². The molecule has 96 valence electrons. The quantitative estimate of drug-likeness (QED) is 0.627. The summed E-state index contributed by atoms with van der Waals surface area (Å²) in [6, 6.07) is 6.12. The van der Waals surface area contributed by atoms with Crippen molar-refractivity contribution in [1.82, 2.24) is 5.43 Å². The predicted octanol–water partition coefficient (Wildman–Crippen LogP) is 2.39. The summed E-state index contributed by atoms with van der Waals surface area (Å²) < 4.78 is 18.4. The van der Waals surface area contributed by atoms with E-state index >= 15 is 0 Å². The molecule has 0 heterocycles. The molecule has 3 nitrogen and oxygen atoms in total. The average Bonchev–Trinajstić information content (AvgIpc) is 2.25. The van der Waals surface area contributed by atoms with E-state index in [0.29, 0.717) is 0 Å². The Balaban J connectivity index is 3.01. The Kier molecular flexibility index (Phi) is 4.62. The number of hydrogen-bond acceptors (Lipinski definition) is 3. The third-order valence-electron chi connectivity index (χ3n) is 2.82. The van der Waals surface area contributed by atoms with Crippen LogP contribution in [0.15, 0.2) is 24.3 Å². The van der Waals surface area contributed by atoms with Crippen LogP contribution in [-0.2, 0) is 4.74 Å². The summed E-state index contributed by atoms with van der Waals surface area (Å²) in [6.07, 6.45) is -0.0991. The molecule has 1 aromatic carbocycles. The fraction of sp³-hybridized carbons (Fsp3) is 0.538. The number of rotatable bonds is 4. The largest absolute Gasteiger partial charge is 0.379 e. The van der Waals surface area contributed by atoms with Gasteiger partial charge in [-0.2, -0.15) is 0 Å². The van der Waals surface area contributed by atoms with Crippen molar-refractivity contribution in [3.05, 3.63) is 35.6 Å². The van der Waals surface area contributed by atoms with Gasteiger partial charge < -0.3 is 4.74 Å². The molecular formula is C13H21FN2O. The van der Waals surface area contributed by atoms with Crippen molar-refractivity contribution in [3.8, 4) is 0 Å². The van der Waals surface area contributed by atoms with Gasteiger partial charge in [-0.05, 0) is 23.1 Å². The minimum atomic E-state index is -0.255. The maximum absolute atomic E-state index is 12.9. The molecular weight excluding hydrogens is 219 g/mol. The van der Waals surface area contributed by atoms with E-state index in [1.54, 1.807) is 19.2 Å². The van der Waals surface area contributed by atoms with Crippen LogP contribution in [0.4, 0.5) is 4.39 Å². The summed E-state index contributed by atoms with van der Waals surface area (Å²) in [5.74, 6) is 5.34. The standard InChI is InChI=1S/C13H21FN2O/c1-13(2,3)12(17-4)11(16-15)9-5-7-10(14)8-6-9/h5-8,11-12,16H,15H2,1-4H3. The molecule has 2 atom stereocenters. The zero-order valence-corrected chi connectivity index (χ0v) is 10.8. The Bertz CT molecular complexity index is 345. The molecule has 3 N–H and O–H groups in total. The van der Waals surface area contributed by atoms with Gasteiger partial charge in [-0.1, -0.05) is 32.9 Å². The van der Waals surface area contributed by atoms with Crippen molar-refractivity contribution >= 4 is 0 Å². The normalized spacial score (nSPS) is 15.6. The molecule has 0 fully saturated rings. The summed E-state index contributed by atoms with van der Waals surface area (Å²) in [7, 11) is 1.66. The maximum Gasteiger partial charge on any atom is 0.123 e. The number of hydrazine groups is 1. The minimum absolute atomic E-state index is 0.0693. The molecule has 0 saturated carbocycles. The van der Waals surface area contributed by atoms with Gasteiger partial charge in [0.15, 0.2) is 0 Å². The summed E-state index contributed by atoms with van der Waals surface area (Å²) in [5, 5.41) is 0. The van der Waals surface area contributed by atoms with Crippen LogP contribution in [0.25, 0.3) is 0 Å². The van der Waals surface area contributed by atoms with Crippen LogP contribution in [0.1, 0.15) is 32.4 Å². The fourth-order valence-electron chi connectivity index (χ4n) is 2.02. The molecule has 2 unspecified atom stereocenters. The number of nitrogens with two attached hydrogens (primary N) is 1. The van der Waals surface area contributed by atoms with Gasteiger partial charge in [-0.15, -0.1) is 0 Å². The van der Waals surface area contributed by atoms with Gasteiger partial charge in [0.25, 0.3) is 0 Å². The van der Waals surface area contributed by atoms with E-state index in [4.69, 9.17) is 10.6 Å². The molecule has 1 rings (SSSR count). The lowest BCUT2D eigenvalue weighted by molar-refractivity contribution is -0.0120. The van der Waals surface area contributed by atoms with Gasteiger partial charge >= 0.3 is 0 Å². The summed E-state index contributed by atoms with van der Waals surface area (Å²) in [5.41, 5.74) is 3.59. The second kappa shape index (κ2) is 5.58. The van der Waals surface area contributed by atoms with Crippen LogP contribution in [0.5, 0.6) is 0 Å². The molecule has 0 saturated heterocycles. The van der Waals surface area contributed by atoms with E-state index in [0.717, 1.165) is 5.56 Å². The summed E-state index contributed by atoms with van der Waals surface area (Å²) in [6.45, 7) is 6.24. The zero-order valence-electron chi connectivity index (χ0n) is 10.8. The molecule has 0 aliphatic carbocycles. The minimum Gasteiger partial charge on any atom is -0.379 e. The molecule has 1 aromatic rings. The van der Waals surface area contributed by atoms with E-state index in [-0.39, 0.29) is 23.4 Å². The highest BCUT2D eigenvalue weighted by atomic mass is 19.1. The second-order valence-corrected chi connectivity index (χ2v) is 5.22. The number of nitrogens with one attached hydrogen (secondary N) is 1. The van der Waals surface area contributed by atoms with Gasteiger partial charge in [-0.3, -0.25) is 11.3 Å². The second-order valence-electron chi connectivity index (χ2n) is 5.22. The fourth-order valence-corrected chi connectivity index (χ4v) is 2.02. The molecule has 0 aromatic heterocycles. The van der Waals surface area contributed by atoms with Gasteiger partial charge in [0.1, 0.15) is 5.82 Å². The highest BCUT2D eigenvalue weighted by Gasteiger charge is 2.32. The van der Waals surface area contributed by atoms with Gasteiger partial charge in [0.05, 0.1) is 12.1 Å². The Morgan fingerprint density at radius 3 is 2.12 bits per heavy atom. The molecule has 4 heteroatoms. The van der Waals surface area contributed by atoms with Gasteiger partial charge in [0.2, 0.25) is 0 Å². The topological polar surface area (TPSA) is 47.3 Å². The van der Waals surface area contributed by atoms with Crippen molar-refractivity contribution in [3.63, 3.8) is 0 Å². The Hall–Kier alpha value is -0.970. The number of ether oxygens (including phenoxy) is 1. The van der Waals surface area contributed by atoms with Crippen molar-refractivity contribution in [2.75, 3.05) is 7.11 Å². The zero-order chi connectivity index (χ0) is 13.1. The van der Waals surface area contributed by atoms with Crippen LogP contribution in [0.3, 0.4) is 0 Å². The first-order chi connectivity index (χ1) is 7.90. The first-order valence-electron chi connectivity index (χ1n) is 5.64. The van der Waals surface area contributed by atoms with E-state index in [1.165, 1.54) is 12.1 Å². The summed E-state index contributed by atoms with van der Waals surface area (Å²) >= 11 is 0. The number of methoxy groups -OCH3 is 1. The lowest BCUT2D eigenvalue weighted by Gasteiger charge is -2.35. The highest BCUT2D eigenvalue weighted by molar-refractivity contribution is 5.21. The first-order valence-corrected chi connectivity index (χ1v) is 5.64. The first kappa shape index (κ1) is 14.1. The van der Waals surface area contributed by atoms with Crippen molar-refractivity contribution < 1.29 is 9.13 Å². The monoisotopic (exact) mass is 240 g/mol. The number of hydrogen-bond donors (Lipinski definition) is 2. The van der Waals surface area contributed by atoms with E-state index in [2.05, 4.69) is 26.2 Å². The van der Waals surface area contributed by atoms with E-state index < -0.39 is 0 Å². The molecule has 0 amide bonds. The predicted molar refractivity (Wildman–Crippen MR) is 66.7 cm³/mol. The smallest absolute Gasteiger partial charge is 0.123 e. The maximum atomic E-state index is 12.9. The average molecular weight is 240 g/mol. The van der Waals surface area contributed by atoms with Crippen molar-refractivity contribution in [2.45, 2.75) is 32.9 Å². The van der Waals surface area contributed by atoms with Crippen LogP contribution in [-0.4, -0.2) is 13.2 Å². The number of halogens is 1. The SMILES string of the molecule is COC(C(NN)c1ccc(F)cc1)C(C)(C)C. The third kappa shape index (κ3) is 3.49. The molecule has 0 radical (unpaired) electrons. The van der Waals surface area contributed by atoms with E-state index in [1.807, 2.05) is 0 Å². The molecule has 0 bridgehead atoms. The van der Waals surface area contributed by atoms with Crippen LogP contribution >= 0.6 is 0 Å².